The molecule has 1 heterocycles. The quantitative estimate of drug-likeness (QED) is 0.740. The monoisotopic (exact) mass is 414 g/mol. The molecule has 0 N–H and O–H groups in total. The van der Waals surface area contributed by atoms with Gasteiger partial charge in [-0.1, -0.05) is 35.9 Å². The normalized spacial score (nSPS) is 16.5. The van der Waals surface area contributed by atoms with Crippen molar-refractivity contribution in [2.24, 2.45) is 0 Å². The molecule has 0 bridgehead atoms. The van der Waals surface area contributed by atoms with Gasteiger partial charge in [0.05, 0.1) is 10.6 Å². The maximum absolute atomic E-state index is 13.0. The second-order valence-electron chi connectivity index (χ2n) is 6.52. The number of anilines is 1. The first kappa shape index (κ1) is 20.0. The van der Waals surface area contributed by atoms with Gasteiger partial charge in [-0.3, -0.25) is 4.90 Å². The fourth-order valence-corrected chi connectivity index (χ4v) is 4.35. The smallest absolute Gasteiger partial charge is 0.341 e. The zero-order valence-corrected chi connectivity index (χ0v) is 16.3. The van der Waals surface area contributed by atoms with E-state index in [4.69, 9.17) is 11.6 Å². The second kappa shape index (κ2) is 8.54. The number of halogens is 3. The number of hydrogen-bond donors (Lipinski definition) is 0. The molecule has 0 aliphatic carbocycles. The molecule has 1 aliphatic rings. The lowest BCUT2D eigenvalue weighted by Crippen LogP contribution is -2.31. The van der Waals surface area contributed by atoms with Gasteiger partial charge in [-0.25, -0.2) is 8.42 Å². The average Bonchev–Trinajstić information content (AvgIpc) is 2.89. The minimum absolute atomic E-state index is 0.300. The molecule has 1 fully saturated rings. The van der Waals surface area contributed by atoms with Gasteiger partial charge >= 0.3 is 5.76 Å². The van der Waals surface area contributed by atoms with Crippen molar-refractivity contribution in [1.82, 2.24) is 4.90 Å². The standard InChI is InChI=1S/C19H21ClF2N2O2S/c20-16-8-6-15(7-9-16)14-23-10-3-11-24(13-12-23)17-4-1-2-5-18(17)27(25,26)19(21)22/h1-2,4-9,19H,3,10-14H2. The van der Waals surface area contributed by atoms with Crippen molar-refractivity contribution in [3.63, 3.8) is 0 Å². The van der Waals surface area contributed by atoms with Crippen LogP contribution in [0, 0.1) is 0 Å². The van der Waals surface area contributed by atoms with Crippen molar-refractivity contribution in [2.45, 2.75) is 23.6 Å². The lowest BCUT2D eigenvalue weighted by atomic mass is 10.2. The Bertz CT molecular complexity index is 876. The first-order chi connectivity index (χ1) is 12.9. The van der Waals surface area contributed by atoms with E-state index in [2.05, 4.69) is 4.90 Å². The van der Waals surface area contributed by atoms with Crippen LogP contribution < -0.4 is 4.90 Å². The Labute approximate surface area is 163 Å². The molecular weight excluding hydrogens is 394 g/mol. The number of rotatable bonds is 5. The molecule has 0 aromatic heterocycles. The highest BCUT2D eigenvalue weighted by atomic mass is 35.5. The lowest BCUT2D eigenvalue weighted by Gasteiger charge is -2.25. The second-order valence-corrected chi connectivity index (χ2v) is 8.84. The number of alkyl halides is 2. The maximum atomic E-state index is 13.0. The van der Waals surface area contributed by atoms with Crippen molar-refractivity contribution >= 4 is 27.1 Å². The number of nitrogens with zero attached hydrogens (tertiary/aromatic N) is 2. The van der Waals surface area contributed by atoms with Gasteiger partial charge in [-0.05, 0) is 36.2 Å². The Balaban J connectivity index is 1.74. The molecule has 2 aromatic carbocycles. The van der Waals surface area contributed by atoms with Crippen LogP contribution in [0.2, 0.25) is 5.02 Å². The SMILES string of the molecule is O=S(=O)(c1ccccc1N1CCCN(Cc2ccc(Cl)cc2)CC1)C(F)F. The molecule has 0 amide bonds. The molecule has 146 valence electrons. The first-order valence-electron chi connectivity index (χ1n) is 8.71. The fourth-order valence-electron chi connectivity index (χ4n) is 3.27. The van der Waals surface area contributed by atoms with Crippen molar-refractivity contribution in [3.05, 3.63) is 59.1 Å². The van der Waals surface area contributed by atoms with Gasteiger partial charge in [-0.15, -0.1) is 0 Å². The van der Waals surface area contributed by atoms with Gasteiger partial charge in [-0.2, -0.15) is 8.78 Å². The molecule has 3 rings (SSSR count). The van der Waals surface area contributed by atoms with Crippen LogP contribution in [0.1, 0.15) is 12.0 Å². The van der Waals surface area contributed by atoms with Crippen LogP contribution >= 0.6 is 11.6 Å². The zero-order chi connectivity index (χ0) is 19.4. The van der Waals surface area contributed by atoms with Crippen LogP contribution in [-0.2, 0) is 16.4 Å². The molecular formula is C19H21ClF2N2O2S. The molecule has 8 heteroatoms. The van der Waals surface area contributed by atoms with E-state index < -0.39 is 15.6 Å². The Morgan fingerprint density at radius 2 is 1.67 bits per heavy atom. The number of para-hydroxylation sites is 1. The maximum Gasteiger partial charge on any atom is 0.341 e. The van der Waals surface area contributed by atoms with Gasteiger partial charge in [0.1, 0.15) is 0 Å². The third-order valence-electron chi connectivity index (χ3n) is 4.65. The summed E-state index contributed by atoms with van der Waals surface area (Å²) in [6.45, 7) is 3.52. The number of sulfone groups is 1. The summed E-state index contributed by atoms with van der Waals surface area (Å²) in [5.41, 5.74) is 1.50. The predicted molar refractivity (Wildman–Crippen MR) is 103 cm³/mol. The van der Waals surface area contributed by atoms with Crippen LogP contribution in [0.3, 0.4) is 0 Å². The molecule has 1 aliphatic heterocycles. The van der Waals surface area contributed by atoms with Gasteiger partial charge in [0.2, 0.25) is 9.84 Å². The minimum atomic E-state index is -4.64. The largest absolute Gasteiger partial charge is 0.369 e. The zero-order valence-electron chi connectivity index (χ0n) is 14.7. The predicted octanol–water partition coefficient (Wildman–Crippen LogP) is 4.05. The third kappa shape index (κ3) is 4.78. The van der Waals surface area contributed by atoms with E-state index >= 15 is 0 Å². The molecule has 0 spiro atoms. The fraction of sp³-hybridized carbons (Fsp3) is 0.368. The number of hydrogen-bond acceptors (Lipinski definition) is 4. The molecule has 0 atom stereocenters. The Morgan fingerprint density at radius 3 is 2.37 bits per heavy atom. The van der Waals surface area contributed by atoms with Crippen LogP contribution in [0.5, 0.6) is 0 Å². The number of benzene rings is 2. The van der Waals surface area contributed by atoms with Crippen LogP contribution in [0.15, 0.2) is 53.4 Å². The third-order valence-corrected chi connectivity index (χ3v) is 6.33. The van der Waals surface area contributed by atoms with E-state index in [9.17, 15) is 17.2 Å². The van der Waals surface area contributed by atoms with Crippen molar-refractivity contribution < 1.29 is 17.2 Å². The molecule has 0 saturated carbocycles. The summed E-state index contributed by atoms with van der Waals surface area (Å²) in [5, 5.41) is 0.692. The van der Waals surface area contributed by atoms with Gasteiger partial charge in [0.25, 0.3) is 0 Å². The summed E-state index contributed by atoms with van der Waals surface area (Å²) < 4.78 is 50.1. The van der Waals surface area contributed by atoms with Crippen molar-refractivity contribution in [2.75, 3.05) is 31.1 Å². The van der Waals surface area contributed by atoms with Crippen molar-refractivity contribution in [1.29, 1.82) is 0 Å². The molecule has 2 aromatic rings. The summed E-state index contributed by atoms with van der Waals surface area (Å²) in [6.07, 6.45) is 0.816. The van der Waals surface area contributed by atoms with Gasteiger partial charge in [0.15, 0.2) is 0 Å². The highest BCUT2D eigenvalue weighted by Gasteiger charge is 2.31. The van der Waals surface area contributed by atoms with Crippen LogP contribution in [0.25, 0.3) is 0 Å². The molecule has 27 heavy (non-hydrogen) atoms. The molecule has 1 saturated heterocycles. The van der Waals surface area contributed by atoms with Gasteiger partial charge < -0.3 is 4.90 Å². The summed E-state index contributed by atoms with van der Waals surface area (Å²) in [7, 11) is -4.64. The minimum Gasteiger partial charge on any atom is -0.369 e. The van der Waals surface area contributed by atoms with E-state index in [1.165, 1.54) is 12.1 Å². The summed E-state index contributed by atoms with van der Waals surface area (Å²) in [5.74, 6) is -3.42. The average molecular weight is 415 g/mol. The van der Waals surface area contributed by atoms with Gasteiger partial charge in [0, 0.05) is 37.7 Å². The van der Waals surface area contributed by atoms with Crippen molar-refractivity contribution in [3.8, 4) is 0 Å². The first-order valence-corrected chi connectivity index (χ1v) is 10.6. The Hall–Kier alpha value is -1.70. The van der Waals surface area contributed by atoms with E-state index in [0.717, 1.165) is 25.1 Å². The Morgan fingerprint density at radius 1 is 0.963 bits per heavy atom. The topological polar surface area (TPSA) is 40.6 Å². The summed E-state index contributed by atoms with van der Waals surface area (Å²) >= 11 is 5.92. The molecule has 4 nitrogen and oxygen atoms in total. The summed E-state index contributed by atoms with van der Waals surface area (Å²) in [4.78, 5) is 3.86. The summed E-state index contributed by atoms with van der Waals surface area (Å²) in [6, 6.07) is 13.7. The molecule has 0 unspecified atom stereocenters. The molecule has 0 radical (unpaired) electrons. The van der Waals surface area contributed by atoms with Crippen LogP contribution in [0.4, 0.5) is 14.5 Å². The Kier molecular flexibility index (Phi) is 6.34. The van der Waals surface area contributed by atoms with Crippen LogP contribution in [-0.4, -0.2) is 45.3 Å². The lowest BCUT2D eigenvalue weighted by molar-refractivity contribution is 0.235. The van der Waals surface area contributed by atoms with E-state index in [0.29, 0.717) is 30.3 Å². The van der Waals surface area contributed by atoms with E-state index in [1.807, 2.05) is 29.2 Å². The van der Waals surface area contributed by atoms with E-state index in [-0.39, 0.29) is 4.90 Å². The highest BCUT2D eigenvalue weighted by Crippen LogP contribution is 2.30. The van der Waals surface area contributed by atoms with E-state index in [1.54, 1.807) is 12.1 Å². The highest BCUT2D eigenvalue weighted by molar-refractivity contribution is 7.91.